The quantitative estimate of drug-likeness (QED) is 0.685. The van der Waals surface area contributed by atoms with Crippen LogP contribution < -0.4 is 0 Å². The van der Waals surface area contributed by atoms with Crippen LogP contribution >= 0.6 is 0 Å². The Morgan fingerprint density at radius 1 is 1.20 bits per heavy atom. The number of carbonyl (C=O) groups is 1. The Morgan fingerprint density at radius 3 is 2.50 bits per heavy atom. The number of nitrogens with zero attached hydrogens (tertiary/aromatic N) is 1. The van der Waals surface area contributed by atoms with Crippen molar-refractivity contribution in [3.05, 3.63) is 71.0 Å². The summed E-state index contributed by atoms with van der Waals surface area (Å²) in [5.74, 6) is -1.42. The van der Waals surface area contributed by atoms with Gasteiger partial charge >= 0.3 is 0 Å². The summed E-state index contributed by atoms with van der Waals surface area (Å²) in [5.41, 5.74) is 1.32. The molecule has 0 saturated carbocycles. The summed E-state index contributed by atoms with van der Waals surface area (Å²) in [4.78, 5) is 11.9. The topological polar surface area (TPSA) is 61.1 Å². The summed E-state index contributed by atoms with van der Waals surface area (Å²) in [6, 6.07) is 11.9. The van der Waals surface area contributed by atoms with Gasteiger partial charge in [0.25, 0.3) is 0 Å². The van der Waals surface area contributed by atoms with Crippen molar-refractivity contribution in [2.75, 3.05) is 0 Å². The molecule has 2 rings (SSSR count). The van der Waals surface area contributed by atoms with E-state index < -0.39 is 11.6 Å². The zero-order valence-corrected chi connectivity index (χ0v) is 10.4. The van der Waals surface area contributed by atoms with Gasteiger partial charge in [0.2, 0.25) is 0 Å². The molecule has 0 bridgehead atoms. The maximum atomic E-state index is 12.8. The van der Waals surface area contributed by atoms with E-state index in [-0.39, 0.29) is 11.3 Å². The number of benzene rings is 2. The molecule has 0 unspecified atom stereocenters. The lowest BCUT2D eigenvalue weighted by Crippen LogP contribution is -1.95. The van der Waals surface area contributed by atoms with Gasteiger partial charge in [-0.05, 0) is 35.9 Å². The van der Waals surface area contributed by atoms with Crippen LogP contribution in [-0.2, 0) is 0 Å². The number of aromatic hydroxyl groups is 1. The number of ketones is 1. The normalized spacial score (nSPS) is 10.4. The predicted molar refractivity (Wildman–Crippen MR) is 72.6 cm³/mol. The van der Waals surface area contributed by atoms with Crippen molar-refractivity contribution in [2.45, 2.75) is 0 Å². The number of hydrogen-bond acceptors (Lipinski definition) is 3. The molecular formula is C16H10FNO2. The third kappa shape index (κ3) is 3.09. The monoisotopic (exact) mass is 267 g/mol. The van der Waals surface area contributed by atoms with Gasteiger partial charge in [0.15, 0.2) is 5.78 Å². The number of phenolic OH excluding ortho intramolecular Hbond substituents is 1. The van der Waals surface area contributed by atoms with Crippen molar-refractivity contribution in [3.8, 4) is 11.8 Å². The summed E-state index contributed by atoms with van der Waals surface area (Å²) in [7, 11) is 0. The second kappa shape index (κ2) is 5.81. The van der Waals surface area contributed by atoms with Crippen molar-refractivity contribution in [1.82, 2.24) is 0 Å². The third-order valence-corrected chi connectivity index (χ3v) is 2.69. The number of carbonyl (C=O) groups excluding carboxylic acids is 1. The lowest BCUT2D eigenvalue weighted by atomic mass is 10.1. The molecule has 0 amide bonds. The molecule has 3 nitrogen and oxygen atoms in total. The van der Waals surface area contributed by atoms with Crippen molar-refractivity contribution in [2.24, 2.45) is 0 Å². The molecule has 0 aliphatic rings. The highest BCUT2D eigenvalue weighted by atomic mass is 19.1. The minimum absolute atomic E-state index is 0.0382. The first-order chi connectivity index (χ1) is 9.60. The van der Waals surface area contributed by atoms with E-state index >= 15 is 0 Å². The summed E-state index contributed by atoms with van der Waals surface area (Å²) in [6.45, 7) is 0. The van der Waals surface area contributed by atoms with Gasteiger partial charge in [0.1, 0.15) is 11.6 Å². The van der Waals surface area contributed by atoms with Crippen molar-refractivity contribution < 1.29 is 14.3 Å². The highest BCUT2D eigenvalue weighted by Gasteiger charge is 2.08. The molecule has 2 aromatic carbocycles. The van der Waals surface area contributed by atoms with Crippen LogP contribution in [0.2, 0.25) is 0 Å². The van der Waals surface area contributed by atoms with Crippen molar-refractivity contribution in [1.29, 1.82) is 5.26 Å². The Morgan fingerprint density at radius 2 is 1.90 bits per heavy atom. The number of halogens is 1. The van der Waals surface area contributed by atoms with Crippen LogP contribution in [0.3, 0.4) is 0 Å². The first-order valence-corrected chi connectivity index (χ1v) is 5.81. The van der Waals surface area contributed by atoms with Crippen LogP contribution in [-0.4, -0.2) is 10.9 Å². The van der Waals surface area contributed by atoms with E-state index in [0.29, 0.717) is 5.56 Å². The van der Waals surface area contributed by atoms with E-state index in [9.17, 15) is 14.3 Å². The van der Waals surface area contributed by atoms with Crippen LogP contribution in [0.25, 0.3) is 6.08 Å². The average molecular weight is 267 g/mol. The van der Waals surface area contributed by atoms with E-state index in [1.807, 2.05) is 6.07 Å². The molecule has 0 radical (unpaired) electrons. The van der Waals surface area contributed by atoms with E-state index in [4.69, 9.17) is 5.26 Å². The molecule has 0 spiro atoms. The van der Waals surface area contributed by atoms with Crippen molar-refractivity contribution >= 4 is 11.9 Å². The Hall–Kier alpha value is -2.93. The molecular weight excluding hydrogens is 257 g/mol. The predicted octanol–water partition coefficient (Wildman–Crippen LogP) is 3.30. The second-order valence-corrected chi connectivity index (χ2v) is 4.09. The van der Waals surface area contributed by atoms with Gasteiger partial charge in [-0.3, -0.25) is 4.79 Å². The van der Waals surface area contributed by atoms with E-state index in [0.717, 1.165) is 17.7 Å². The van der Waals surface area contributed by atoms with Gasteiger partial charge in [-0.15, -0.1) is 0 Å². The van der Waals surface area contributed by atoms with Crippen LogP contribution in [0.4, 0.5) is 4.39 Å². The van der Waals surface area contributed by atoms with Crippen molar-refractivity contribution in [3.63, 3.8) is 0 Å². The maximum absolute atomic E-state index is 12.8. The zero-order chi connectivity index (χ0) is 14.5. The molecule has 0 heterocycles. The second-order valence-electron chi connectivity index (χ2n) is 4.09. The minimum atomic E-state index is -0.602. The molecule has 0 saturated heterocycles. The summed E-state index contributed by atoms with van der Waals surface area (Å²) in [5, 5.41) is 18.2. The fourth-order valence-electron chi connectivity index (χ4n) is 1.64. The number of rotatable bonds is 3. The molecule has 4 heteroatoms. The molecule has 0 aliphatic heterocycles. The number of allylic oxidation sites excluding steroid dienone is 1. The zero-order valence-electron chi connectivity index (χ0n) is 10.4. The largest absolute Gasteiger partial charge is 0.507 e. The highest BCUT2D eigenvalue weighted by molar-refractivity contribution is 6.08. The number of phenols is 1. The molecule has 1 N–H and O–H groups in total. The summed E-state index contributed by atoms with van der Waals surface area (Å²) < 4.78 is 12.8. The van der Waals surface area contributed by atoms with Crippen LogP contribution in [0.5, 0.6) is 5.75 Å². The van der Waals surface area contributed by atoms with Gasteiger partial charge in [-0.2, -0.15) is 5.26 Å². The molecule has 0 aromatic heterocycles. The Balaban J connectivity index is 2.18. The fourth-order valence-corrected chi connectivity index (χ4v) is 1.64. The Bertz CT molecular complexity index is 712. The molecule has 0 aliphatic carbocycles. The third-order valence-electron chi connectivity index (χ3n) is 2.69. The van der Waals surface area contributed by atoms with Gasteiger partial charge in [0.05, 0.1) is 17.2 Å². The van der Waals surface area contributed by atoms with Gasteiger partial charge in [-0.25, -0.2) is 4.39 Å². The standard InChI is InChI=1S/C16H10FNO2/c17-13-6-7-14(16(20)9-13)15(19)8-5-11-1-3-12(10-18)4-2-11/h1-9,20H/b8-5+. The van der Waals surface area contributed by atoms with E-state index in [1.165, 1.54) is 12.1 Å². The SMILES string of the molecule is N#Cc1ccc(/C=C/C(=O)c2ccc(F)cc2O)cc1. The summed E-state index contributed by atoms with van der Waals surface area (Å²) in [6.07, 6.45) is 2.85. The maximum Gasteiger partial charge on any atom is 0.189 e. The van der Waals surface area contributed by atoms with Gasteiger partial charge in [-0.1, -0.05) is 18.2 Å². The van der Waals surface area contributed by atoms with Gasteiger partial charge in [0, 0.05) is 6.07 Å². The van der Waals surface area contributed by atoms with Gasteiger partial charge < -0.3 is 5.11 Å². The first-order valence-electron chi connectivity index (χ1n) is 5.81. The van der Waals surface area contributed by atoms with Crippen LogP contribution in [0.1, 0.15) is 21.5 Å². The van der Waals surface area contributed by atoms with Crippen LogP contribution in [0, 0.1) is 17.1 Å². The molecule has 20 heavy (non-hydrogen) atoms. The number of hydrogen-bond donors (Lipinski definition) is 1. The Labute approximate surface area is 115 Å². The molecule has 2 aromatic rings. The van der Waals surface area contributed by atoms with Crippen LogP contribution in [0.15, 0.2) is 48.5 Å². The minimum Gasteiger partial charge on any atom is -0.507 e. The van der Waals surface area contributed by atoms with E-state index in [1.54, 1.807) is 30.3 Å². The smallest absolute Gasteiger partial charge is 0.189 e. The highest BCUT2D eigenvalue weighted by Crippen LogP contribution is 2.19. The fraction of sp³-hybridized carbons (Fsp3) is 0. The molecule has 0 fully saturated rings. The molecule has 98 valence electrons. The molecule has 0 atom stereocenters. The lowest BCUT2D eigenvalue weighted by molar-refractivity contribution is 0.104. The Kier molecular flexibility index (Phi) is 3.92. The average Bonchev–Trinajstić information content (AvgIpc) is 2.45. The first kappa shape index (κ1) is 13.5. The number of nitriles is 1. The lowest BCUT2D eigenvalue weighted by Gasteiger charge is -2.00. The van der Waals surface area contributed by atoms with E-state index in [2.05, 4.69) is 0 Å². The summed E-state index contributed by atoms with van der Waals surface area (Å²) >= 11 is 0.